The Kier molecular flexibility index (Phi) is 18.8. The summed E-state index contributed by atoms with van der Waals surface area (Å²) in [7, 11) is 0. The molecule has 0 aliphatic heterocycles. The van der Waals surface area contributed by atoms with Crippen molar-refractivity contribution in [1.82, 2.24) is 0 Å². The Balaban J connectivity index is 3.06. The first-order valence-corrected chi connectivity index (χ1v) is 10.9. The molecule has 0 rings (SSSR count). The number of hydrogen-bond acceptors (Lipinski definition) is 2. The summed E-state index contributed by atoms with van der Waals surface area (Å²) in [6, 6.07) is 0. The molecule has 3 heteroatoms. The minimum Gasteiger partial charge on any atom is -0.291 e. The highest BCUT2D eigenvalue weighted by Gasteiger charge is 1.93. The molecule has 0 spiro atoms. The third-order valence-corrected chi connectivity index (χ3v) is 4.40. The number of rotatable bonds is 17. The van der Waals surface area contributed by atoms with Crippen molar-refractivity contribution in [2.75, 3.05) is 12.9 Å². The molecular formula is C19H38O2S. The molecule has 0 radical (unpaired) electrons. The highest BCUT2D eigenvalue weighted by molar-refractivity contribution is 7.79. The van der Waals surface area contributed by atoms with Gasteiger partial charge in [0.05, 0.1) is 6.61 Å². The summed E-state index contributed by atoms with van der Waals surface area (Å²) < 4.78 is 15.7. The molecule has 0 aromatic heterocycles. The van der Waals surface area contributed by atoms with Gasteiger partial charge < -0.3 is 0 Å². The summed E-state index contributed by atoms with van der Waals surface area (Å²) in [5.41, 5.74) is 0. The summed E-state index contributed by atoms with van der Waals surface area (Å²) >= 11 is -1.09. The van der Waals surface area contributed by atoms with E-state index in [-0.39, 0.29) is 0 Å². The number of hydrogen-bond donors (Lipinski definition) is 0. The molecule has 1 unspecified atom stereocenters. The highest BCUT2D eigenvalue weighted by Crippen LogP contribution is 2.10. The predicted molar refractivity (Wildman–Crippen MR) is 99.5 cm³/mol. The Morgan fingerprint density at radius 2 is 1.18 bits per heavy atom. The second kappa shape index (κ2) is 18.9. The summed E-state index contributed by atoms with van der Waals surface area (Å²) in [5, 5.41) is 0. The van der Waals surface area contributed by atoms with E-state index in [4.69, 9.17) is 4.18 Å². The monoisotopic (exact) mass is 330 g/mol. The normalized spacial score (nSPS) is 13.0. The maximum atomic E-state index is 10.7. The second-order valence-electron chi connectivity index (χ2n) is 6.16. The SMILES string of the molecule is CCCCCCCC/C=C\CCCCCCCCOS(C)=O. The summed E-state index contributed by atoms with van der Waals surface area (Å²) in [6.45, 7) is 2.91. The van der Waals surface area contributed by atoms with E-state index in [1.54, 1.807) is 6.26 Å². The molecule has 0 aromatic rings. The molecule has 0 aromatic carbocycles. The van der Waals surface area contributed by atoms with E-state index in [0.29, 0.717) is 6.61 Å². The van der Waals surface area contributed by atoms with Crippen molar-refractivity contribution in [3.05, 3.63) is 12.2 Å². The zero-order valence-electron chi connectivity index (χ0n) is 15.0. The van der Waals surface area contributed by atoms with E-state index in [1.807, 2.05) is 0 Å². The third-order valence-electron chi connectivity index (χ3n) is 3.91. The average molecular weight is 331 g/mol. The fraction of sp³-hybridized carbons (Fsp3) is 0.895. The van der Waals surface area contributed by atoms with Crippen LogP contribution in [-0.2, 0) is 15.3 Å². The molecule has 22 heavy (non-hydrogen) atoms. The Morgan fingerprint density at radius 1 is 0.727 bits per heavy atom. The van der Waals surface area contributed by atoms with Crippen LogP contribution in [0.5, 0.6) is 0 Å². The Morgan fingerprint density at radius 3 is 1.68 bits per heavy atom. The van der Waals surface area contributed by atoms with Crippen LogP contribution in [0.3, 0.4) is 0 Å². The molecule has 0 saturated carbocycles. The van der Waals surface area contributed by atoms with E-state index in [1.165, 1.54) is 83.5 Å². The van der Waals surface area contributed by atoms with E-state index in [9.17, 15) is 4.21 Å². The fourth-order valence-corrected chi connectivity index (χ4v) is 2.88. The second-order valence-corrected chi connectivity index (χ2v) is 7.20. The minimum atomic E-state index is -1.09. The van der Waals surface area contributed by atoms with E-state index >= 15 is 0 Å². The molecule has 0 aliphatic carbocycles. The first-order chi connectivity index (χ1) is 10.8. The van der Waals surface area contributed by atoms with Gasteiger partial charge >= 0.3 is 0 Å². The first kappa shape index (κ1) is 21.9. The molecule has 0 fully saturated rings. The van der Waals surface area contributed by atoms with Gasteiger partial charge in [0.25, 0.3) is 0 Å². The van der Waals surface area contributed by atoms with Crippen molar-refractivity contribution >= 4 is 11.1 Å². The lowest BCUT2D eigenvalue weighted by atomic mass is 10.1. The van der Waals surface area contributed by atoms with Crippen LogP contribution in [0.4, 0.5) is 0 Å². The van der Waals surface area contributed by atoms with Crippen LogP contribution in [0, 0.1) is 0 Å². The molecule has 0 amide bonds. The smallest absolute Gasteiger partial charge is 0.152 e. The van der Waals surface area contributed by atoms with E-state index in [2.05, 4.69) is 19.1 Å². The van der Waals surface area contributed by atoms with Crippen LogP contribution >= 0.6 is 0 Å². The van der Waals surface area contributed by atoms with Crippen molar-refractivity contribution in [3.63, 3.8) is 0 Å². The Labute approximate surface area is 141 Å². The van der Waals surface area contributed by atoms with Crippen LogP contribution in [0.25, 0.3) is 0 Å². The predicted octanol–water partition coefficient (Wildman–Crippen LogP) is 6.33. The molecule has 0 heterocycles. The minimum absolute atomic E-state index is 0.643. The van der Waals surface area contributed by atoms with Gasteiger partial charge in [0.1, 0.15) is 0 Å². The molecule has 0 bridgehead atoms. The lowest BCUT2D eigenvalue weighted by molar-refractivity contribution is 0.334. The van der Waals surface area contributed by atoms with Crippen molar-refractivity contribution in [1.29, 1.82) is 0 Å². The summed E-state index contributed by atoms with van der Waals surface area (Å²) in [4.78, 5) is 0. The Hall–Kier alpha value is -0.150. The van der Waals surface area contributed by atoms with Gasteiger partial charge in [-0.05, 0) is 32.1 Å². The van der Waals surface area contributed by atoms with Crippen molar-refractivity contribution < 1.29 is 8.39 Å². The molecular weight excluding hydrogens is 292 g/mol. The van der Waals surface area contributed by atoms with Crippen LogP contribution in [0.2, 0.25) is 0 Å². The maximum absolute atomic E-state index is 10.7. The van der Waals surface area contributed by atoms with Crippen LogP contribution in [-0.4, -0.2) is 17.1 Å². The number of allylic oxidation sites excluding steroid dienone is 2. The molecule has 0 N–H and O–H groups in total. The van der Waals surface area contributed by atoms with Crippen molar-refractivity contribution in [2.45, 2.75) is 96.8 Å². The van der Waals surface area contributed by atoms with Gasteiger partial charge in [-0.1, -0.05) is 76.9 Å². The van der Waals surface area contributed by atoms with Crippen molar-refractivity contribution in [2.24, 2.45) is 0 Å². The molecule has 132 valence electrons. The van der Waals surface area contributed by atoms with Gasteiger partial charge in [-0.2, -0.15) is 0 Å². The lowest BCUT2D eigenvalue weighted by Gasteiger charge is -2.01. The van der Waals surface area contributed by atoms with Gasteiger partial charge in [-0.3, -0.25) is 4.18 Å². The zero-order valence-corrected chi connectivity index (χ0v) is 15.8. The van der Waals surface area contributed by atoms with Gasteiger partial charge in [-0.25, -0.2) is 4.21 Å². The van der Waals surface area contributed by atoms with E-state index in [0.717, 1.165) is 6.42 Å². The van der Waals surface area contributed by atoms with Crippen molar-refractivity contribution in [3.8, 4) is 0 Å². The lowest BCUT2D eigenvalue weighted by Crippen LogP contribution is -1.96. The Bertz CT molecular complexity index is 264. The fourth-order valence-electron chi connectivity index (χ4n) is 2.53. The van der Waals surface area contributed by atoms with Crippen LogP contribution < -0.4 is 0 Å². The summed E-state index contributed by atoms with van der Waals surface area (Å²) in [6.07, 6.45) is 24.7. The highest BCUT2D eigenvalue weighted by atomic mass is 32.2. The number of unbranched alkanes of at least 4 members (excludes halogenated alkanes) is 12. The molecule has 2 nitrogen and oxygen atoms in total. The van der Waals surface area contributed by atoms with Gasteiger partial charge in [-0.15, -0.1) is 0 Å². The molecule has 0 aliphatic rings. The first-order valence-electron chi connectivity index (χ1n) is 9.39. The van der Waals surface area contributed by atoms with Crippen LogP contribution in [0.1, 0.15) is 96.8 Å². The van der Waals surface area contributed by atoms with Gasteiger partial charge in [0.15, 0.2) is 11.1 Å². The standard InChI is InChI=1S/C19H38O2S/c1-3-4-5-6-7-8-9-10-11-12-13-14-15-16-17-18-19-21-22(2)20/h10-11H,3-9,12-19H2,1-2H3/b11-10-. The van der Waals surface area contributed by atoms with E-state index < -0.39 is 11.1 Å². The van der Waals surface area contributed by atoms with Gasteiger partial charge in [0, 0.05) is 6.26 Å². The average Bonchev–Trinajstić information content (AvgIpc) is 2.50. The topological polar surface area (TPSA) is 26.3 Å². The van der Waals surface area contributed by atoms with Gasteiger partial charge in [0.2, 0.25) is 0 Å². The summed E-state index contributed by atoms with van der Waals surface area (Å²) in [5.74, 6) is 0. The zero-order chi connectivity index (χ0) is 16.3. The van der Waals surface area contributed by atoms with Crippen LogP contribution in [0.15, 0.2) is 12.2 Å². The third kappa shape index (κ3) is 19.9. The maximum Gasteiger partial charge on any atom is 0.152 e. The quantitative estimate of drug-likeness (QED) is 0.230. The molecule has 1 atom stereocenters. The largest absolute Gasteiger partial charge is 0.291 e. The molecule has 0 saturated heterocycles.